The highest BCUT2D eigenvalue weighted by molar-refractivity contribution is 6.41. The maximum Gasteiger partial charge on any atom is 0.352 e. The van der Waals surface area contributed by atoms with Gasteiger partial charge in [0.2, 0.25) is 0 Å². The van der Waals surface area contributed by atoms with E-state index in [9.17, 15) is 14.7 Å². The average molecular weight is 437 g/mol. The van der Waals surface area contributed by atoms with Crippen LogP contribution < -0.4 is 10.1 Å². The molecule has 3 rings (SSSR count). The Morgan fingerprint density at radius 3 is 2.66 bits per heavy atom. The Balaban J connectivity index is 1.93. The first-order valence-electron chi connectivity index (χ1n) is 8.85. The highest BCUT2D eigenvalue weighted by Gasteiger charge is 2.19. The number of carboxylic acid groups (broad SMARTS) is 1. The van der Waals surface area contributed by atoms with Gasteiger partial charge in [0, 0.05) is 17.4 Å². The number of halogens is 2. The van der Waals surface area contributed by atoms with Crippen molar-refractivity contribution < 1.29 is 24.5 Å². The number of fused-ring (bicyclic) bond motifs is 1. The molecule has 0 radical (unpaired) electrons. The summed E-state index contributed by atoms with van der Waals surface area (Å²) in [7, 11) is 0. The van der Waals surface area contributed by atoms with Gasteiger partial charge < -0.3 is 25.3 Å². The number of aromatic carboxylic acids is 1. The number of amides is 1. The van der Waals surface area contributed by atoms with Crippen molar-refractivity contribution in [3.63, 3.8) is 0 Å². The molecule has 1 aromatic heterocycles. The molecular weight excluding hydrogens is 419 g/mol. The van der Waals surface area contributed by atoms with Gasteiger partial charge in [-0.1, -0.05) is 36.5 Å². The first-order valence-corrected chi connectivity index (χ1v) is 9.60. The molecule has 152 valence electrons. The maximum atomic E-state index is 12.3. The zero-order valence-electron chi connectivity index (χ0n) is 15.4. The van der Waals surface area contributed by atoms with Crippen molar-refractivity contribution in [1.82, 2.24) is 10.3 Å². The molecule has 0 spiro atoms. The number of phenols is 1. The monoisotopic (exact) mass is 436 g/mol. The molecule has 0 saturated carbocycles. The second-order valence-electron chi connectivity index (χ2n) is 6.34. The number of H-pyrrole nitrogens is 1. The summed E-state index contributed by atoms with van der Waals surface area (Å²) in [6.45, 7) is 2.50. The lowest BCUT2D eigenvalue weighted by molar-refractivity contribution is 0.0691. The molecular formula is C20H18Cl2N2O5. The quantitative estimate of drug-likeness (QED) is 0.380. The van der Waals surface area contributed by atoms with E-state index >= 15 is 0 Å². The van der Waals surface area contributed by atoms with E-state index in [4.69, 9.17) is 33.0 Å². The number of unbranched alkanes of at least 4 members (excludes halogenated alkanes) is 1. The molecule has 0 fully saturated rings. The highest BCUT2D eigenvalue weighted by atomic mass is 35.5. The number of hydrogen-bond acceptors (Lipinski definition) is 4. The van der Waals surface area contributed by atoms with Crippen LogP contribution in [0.25, 0.3) is 10.9 Å². The normalized spacial score (nSPS) is 10.9. The van der Waals surface area contributed by atoms with Crippen molar-refractivity contribution >= 4 is 46.0 Å². The van der Waals surface area contributed by atoms with Crippen LogP contribution in [0, 0.1) is 0 Å². The molecule has 0 unspecified atom stereocenters. The number of nitrogens with one attached hydrogen (secondary N) is 2. The average Bonchev–Trinajstić information content (AvgIpc) is 3.11. The molecule has 1 amide bonds. The predicted octanol–water partition coefficient (Wildman–Crippen LogP) is 5.20. The SMILES string of the molecule is CCCCNC(=O)c1cc(Oc2c(Cl)cc3[nH]c(C(=O)O)cc3c2Cl)ccc1O. The van der Waals surface area contributed by atoms with Crippen molar-refractivity contribution in [2.75, 3.05) is 6.54 Å². The third kappa shape index (κ3) is 4.41. The summed E-state index contributed by atoms with van der Waals surface area (Å²) in [6, 6.07) is 7.07. The topological polar surface area (TPSA) is 112 Å². The second-order valence-corrected chi connectivity index (χ2v) is 7.13. The zero-order valence-corrected chi connectivity index (χ0v) is 16.9. The zero-order chi connectivity index (χ0) is 21.1. The lowest BCUT2D eigenvalue weighted by Crippen LogP contribution is -2.24. The van der Waals surface area contributed by atoms with Gasteiger partial charge in [-0.25, -0.2) is 4.79 Å². The van der Waals surface area contributed by atoms with Gasteiger partial charge in [0.1, 0.15) is 17.2 Å². The number of aromatic nitrogens is 1. The number of benzene rings is 2. The van der Waals surface area contributed by atoms with E-state index < -0.39 is 11.9 Å². The van der Waals surface area contributed by atoms with Gasteiger partial charge in [0.25, 0.3) is 5.91 Å². The Morgan fingerprint density at radius 2 is 1.97 bits per heavy atom. The standard InChI is InChI=1S/C20H18Cl2N2O5/c1-2-3-6-23-19(26)12-7-10(4-5-16(12)25)29-18-13(21)9-14-11(17(18)22)8-15(24-14)20(27)28/h4-5,7-9,24-25H,2-3,6H2,1H3,(H,23,26)(H,27,28). The summed E-state index contributed by atoms with van der Waals surface area (Å²) in [5.41, 5.74) is 0.471. The Kier molecular flexibility index (Phi) is 6.20. The van der Waals surface area contributed by atoms with Crippen molar-refractivity contribution in [2.45, 2.75) is 19.8 Å². The highest BCUT2D eigenvalue weighted by Crippen LogP contribution is 2.42. The van der Waals surface area contributed by atoms with Crippen molar-refractivity contribution in [1.29, 1.82) is 0 Å². The van der Waals surface area contributed by atoms with Crippen molar-refractivity contribution in [3.8, 4) is 17.2 Å². The molecule has 0 saturated heterocycles. The number of phenolic OH excluding ortho intramolecular Hbond substituents is 1. The Hall–Kier alpha value is -2.90. The summed E-state index contributed by atoms with van der Waals surface area (Å²) in [4.78, 5) is 26.2. The molecule has 1 heterocycles. The van der Waals surface area contributed by atoms with Gasteiger partial charge >= 0.3 is 5.97 Å². The first kappa shape index (κ1) is 20.8. The second kappa shape index (κ2) is 8.63. The maximum absolute atomic E-state index is 12.3. The third-order valence-corrected chi connectivity index (χ3v) is 4.91. The predicted molar refractivity (Wildman–Crippen MR) is 111 cm³/mol. The van der Waals surface area contributed by atoms with Crippen LogP contribution in [0.15, 0.2) is 30.3 Å². The van der Waals surface area contributed by atoms with Gasteiger partial charge in [-0.3, -0.25) is 4.79 Å². The third-order valence-electron chi connectivity index (χ3n) is 4.25. The molecule has 0 aliphatic heterocycles. The van der Waals surface area contributed by atoms with E-state index in [2.05, 4.69) is 10.3 Å². The van der Waals surface area contributed by atoms with Crippen LogP contribution in [-0.2, 0) is 0 Å². The number of aromatic amines is 1. The summed E-state index contributed by atoms with van der Waals surface area (Å²) in [5.74, 6) is -1.39. The molecule has 0 atom stereocenters. The fourth-order valence-electron chi connectivity index (χ4n) is 2.75. The van der Waals surface area contributed by atoms with Crippen molar-refractivity contribution in [3.05, 3.63) is 51.6 Å². The lowest BCUT2D eigenvalue weighted by atomic mass is 10.1. The minimum Gasteiger partial charge on any atom is -0.507 e. The summed E-state index contributed by atoms with van der Waals surface area (Å²) < 4.78 is 5.77. The molecule has 4 N–H and O–H groups in total. The number of carboxylic acids is 1. The minimum absolute atomic E-state index is 0.0363. The van der Waals surface area contributed by atoms with E-state index in [-0.39, 0.29) is 38.6 Å². The summed E-state index contributed by atoms with van der Waals surface area (Å²) >= 11 is 12.6. The first-order chi connectivity index (χ1) is 13.8. The molecule has 0 bridgehead atoms. The number of hydrogen-bond donors (Lipinski definition) is 4. The molecule has 2 aromatic carbocycles. The van der Waals surface area contributed by atoms with Crippen LogP contribution >= 0.6 is 23.2 Å². The van der Waals surface area contributed by atoms with Crippen molar-refractivity contribution in [2.24, 2.45) is 0 Å². The van der Waals surface area contributed by atoms with Crippen LogP contribution in [-0.4, -0.2) is 33.6 Å². The number of carbonyl (C=O) groups excluding carboxylic acids is 1. The molecule has 9 heteroatoms. The number of carbonyl (C=O) groups is 2. The molecule has 29 heavy (non-hydrogen) atoms. The fraction of sp³-hybridized carbons (Fsp3) is 0.200. The van der Waals surface area contributed by atoms with E-state index in [0.29, 0.717) is 17.4 Å². The van der Waals surface area contributed by atoms with Gasteiger partial charge in [-0.05, 0) is 36.8 Å². The Bertz CT molecular complexity index is 1090. The molecule has 7 nitrogen and oxygen atoms in total. The summed E-state index contributed by atoms with van der Waals surface area (Å²) in [6.07, 6.45) is 1.75. The van der Waals surface area contributed by atoms with E-state index in [1.165, 1.54) is 30.3 Å². The number of ether oxygens (including phenoxy) is 1. The van der Waals surface area contributed by atoms with Crippen LogP contribution in [0.2, 0.25) is 10.0 Å². The van der Waals surface area contributed by atoms with E-state index in [1.54, 1.807) is 0 Å². The largest absolute Gasteiger partial charge is 0.507 e. The molecule has 0 aliphatic carbocycles. The van der Waals surface area contributed by atoms with Crippen LogP contribution in [0.5, 0.6) is 17.2 Å². The number of aromatic hydroxyl groups is 1. The number of rotatable bonds is 7. The van der Waals surface area contributed by atoms with Gasteiger partial charge in [0.15, 0.2) is 5.75 Å². The fourth-order valence-corrected chi connectivity index (χ4v) is 3.33. The van der Waals surface area contributed by atoms with Gasteiger partial charge in [0.05, 0.1) is 15.6 Å². The van der Waals surface area contributed by atoms with Crippen LogP contribution in [0.3, 0.4) is 0 Å². The van der Waals surface area contributed by atoms with Gasteiger partial charge in [-0.15, -0.1) is 0 Å². The lowest BCUT2D eigenvalue weighted by Gasteiger charge is -2.12. The van der Waals surface area contributed by atoms with Crippen LogP contribution in [0.1, 0.15) is 40.6 Å². The summed E-state index contributed by atoms with van der Waals surface area (Å²) in [5, 5.41) is 22.6. The van der Waals surface area contributed by atoms with E-state index in [0.717, 1.165) is 12.8 Å². The molecule has 0 aliphatic rings. The minimum atomic E-state index is -1.13. The Morgan fingerprint density at radius 1 is 1.21 bits per heavy atom. The Labute approximate surface area is 176 Å². The smallest absolute Gasteiger partial charge is 0.352 e. The van der Waals surface area contributed by atoms with Crippen LogP contribution in [0.4, 0.5) is 0 Å². The van der Waals surface area contributed by atoms with E-state index in [1.807, 2.05) is 6.92 Å². The molecule has 3 aromatic rings. The van der Waals surface area contributed by atoms with Gasteiger partial charge in [-0.2, -0.15) is 0 Å².